The van der Waals surface area contributed by atoms with Gasteiger partial charge in [0.15, 0.2) is 11.4 Å². The van der Waals surface area contributed by atoms with Gasteiger partial charge in [-0.15, -0.1) is 16.4 Å². The first-order valence-corrected chi connectivity index (χ1v) is 4.49. The van der Waals surface area contributed by atoms with Crippen molar-refractivity contribution in [3.05, 3.63) is 15.5 Å². The SMILES string of the molecule is N#Cc1[nH]nnc1-c1ncsc1Cl. The molecule has 0 spiro atoms. The number of thiazole rings is 1. The summed E-state index contributed by atoms with van der Waals surface area (Å²) in [6.45, 7) is 0. The van der Waals surface area contributed by atoms with Gasteiger partial charge < -0.3 is 0 Å². The van der Waals surface area contributed by atoms with Crippen molar-refractivity contribution >= 4 is 22.9 Å². The van der Waals surface area contributed by atoms with Crippen LogP contribution in [-0.2, 0) is 0 Å². The molecule has 0 atom stereocenters. The Morgan fingerprint density at radius 2 is 2.38 bits per heavy atom. The topological polar surface area (TPSA) is 78.2 Å². The molecule has 0 bridgehead atoms. The Morgan fingerprint density at radius 1 is 1.54 bits per heavy atom. The third-order valence-electron chi connectivity index (χ3n) is 1.41. The summed E-state index contributed by atoms with van der Waals surface area (Å²) in [5, 5.41) is 18.3. The summed E-state index contributed by atoms with van der Waals surface area (Å²) in [4.78, 5) is 3.98. The molecule has 2 rings (SSSR count). The molecule has 1 N–H and O–H groups in total. The summed E-state index contributed by atoms with van der Waals surface area (Å²) in [5.74, 6) is 0. The van der Waals surface area contributed by atoms with E-state index < -0.39 is 0 Å². The molecule has 0 saturated carbocycles. The van der Waals surface area contributed by atoms with Crippen LogP contribution in [-0.4, -0.2) is 20.4 Å². The highest BCUT2D eigenvalue weighted by Gasteiger charge is 2.14. The van der Waals surface area contributed by atoms with Crippen molar-refractivity contribution in [2.75, 3.05) is 0 Å². The highest BCUT2D eigenvalue weighted by molar-refractivity contribution is 7.14. The number of H-pyrrole nitrogens is 1. The molecule has 2 aromatic heterocycles. The van der Waals surface area contributed by atoms with Crippen LogP contribution in [0.1, 0.15) is 5.69 Å². The van der Waals surface area contributed by atoms with E-state index in [4.69, 9.17) is 16.9 Å². The summed E-state index contributed by atoms with van der Waals surface area (Å²) in [6, 6.07) is 1.92. The van der Waals surface area contributed by atoms with Gasteiger partial charge in [-0.2, -0.15) is 5.26 Å². The predicted molar refractivity (Wildman–Crippen MR) is 47.2 cm³/mol. The third kappa shape index (κ3) is 1.28. The van der Waals surface area contributed by atoms with Crippen molar-refractivity contribution < 1.29 is 0 Å². The van der Waals surface area contributed by atoms with E-state index in [2.05, 4.69) is 20.4 Å². The van der Waals surface area contributed by atoms with Crippen LogP contribution in [0.4, 0.5) is 0 Å². The Bertz CT molecular complexity index is 467. The molecule has 5 nitrogen and oxygen atoms in total. The molecule has 0 aliphatic carbocycles. The average Bonchev–Trinajstić information content (AvgIpc) is 2.71. The number of nitrogens with one attached hydrogen (secondary N) is 1. The highest BCUT2D eigenvalue weighted by Crippen LogP contribution is 2.29. The molecule has 2 heterocycles. The van der Waals surface area contributed by atoms with Crippen LogP contribution in [0, 0.1) is 11.3 Å². The zero-order valence-corrected chi connectivity index (χ0v) is 7.72. The lowest BCUT2D eigenvalue weighted by Gasteiger charge is -1.88. The van der Waals surface area contributed by atoms with E-state index in [-0.39, 0.29) is 5.69 Å². The van der Waals surface area contributed by atoms with Crippen LogP contribution in [0.15, 0.2) is 5.51 Å². The Hall–Kier alpha value is -1.45. The molecule has 0 amide bonds. The first-order valence-electron chi connectivity index (χ1n) is 3.23. The molecule has 0 saturated heterocycles. The fraction of sp³-hybridized carbons (Fsp3) is 0. The predicted octanol–water partition coefficient (Wildman–Crippen LogP) is 1.45. The van der Waals surface area contributed by atoms with Gasteiger partial charge in [0.05, 0.1) is 5.51 Å². The van der Waals surface area contributed by atoms with Crippen molar-refractivity contribution in [1.29, 1.82) is 5.26 Å². The van der Waals surface area contributed by atoms with Gasteiger partial charge in [-0.05, 0) is 0 Å². The number of aromatic nitrogens is 4. The van der Waals surface area contributed by atoms with Crippen LogP contribution in [0.3, 0.4) is 0 Å². The van der Waals surface area contributed by atoms with Crippen molar-refractivity contribution in [2.45, 2.75) is 0 Å². The van der Waals surface area contributed by atoms with Gasteiger partial charge in [-0.25, -0.2) is 10.1 Å². The second-order valence-corrected chi connectivity index (χ2v) is 3.58. The fourth-order valence-corrected chi connectivity index (χ4v) is 1.63. The molecular formula is C6H2ClN5S. The highest BCUT2D eigenvalue weighted by atomic mass is 35.5. The quantitative estimate of drug-likeness (QED) is 0.775. The summed E-state index contributed by atoms with van der Waals surface area (Å²) < 4.78 is 0.505. The van der Waals surface area contributed by atoms with E-state index in [1.807, 2.05) is 6.07 Å². The number of rotatable bonds is 1. The van der Waals surface area contributed by atoms with Gasteiger partial charge in [0.25, 0.3) is 0 Å². The number of hydrogen-bond acceptors (Lipinski definition) is 5. The average molecular weight is 212 g/mol. The molecule has 7 heteroatoms. The second kappa shape index (κ2) is 3.12. The summed E-state index contributed by atoms with van der Waals surface area (Å²) >= 11 is 7.11. The molecular weight excluding hydrogens is 210 g/mol. The van der Waals surface area contributed by atoms with Crippen molar-refractivity contribution in [2.24, 2.45) is 0 Å². The number of halogens is 1. The molecule has 0 fully saturated rings. The fourth-order valence-electron chi connectivity index (χ4n) is 0.858. The Balaban J connectivity index is 2.60. The normalized spacial score (nSPS) is 9.85. The van der Waals surface area contributed by atoms with Crippen LogP contribution in [0.5, 0.6) is 0 Å². The lowest BCUT2D eigenvalue weighted by Crippen LogP contribution is -1.82. The largest absolute Gasteiger partial charge is 0.247 e. The van der Waals surface area contributed by atoms with Gasteiger partial charge in [-0.3, -0.25) is 0 Å². The maximum atomic E-state index is 8.67. The molecule has 13 heavy (non-hydrogen) atoms. The summed E-state index contributed by atoms with van der Waals surface area (Å²) in [6.07, 6.45) is 0. The van der Waals surface area contributed by atoms with E-state index in [1.165, 1.54) is 11.3 Å². The van der Waals surface area contributed by atoms with E-state index in [1.54, 1.807) is 5.51 Å². The molecule has 0 aromatic carbocycles. The van der Waals surface area contributed by atoms with E-state index in [0.29, 0.717) is 15.7 Å². The van der Waals surface area contributed by atoms with Crippen LogP contribution in [0.2, 0.25) is 4.34 Å². The van der Waals surface area contributed by atoms with Gasteiger partial charge >= 0.3 is 0 Å². The molecule has 2 aromatic rings. The van der Waals surface area contributed by atoms with Crippen LogP contribution >= 0.6 is 22.9 Å². The molecule has 0 radical (unpaired) electrons. The number of nitrogens with zero attached hydrogens (tertiary/aromatic N) is 4. The number of nitriles is 1. The molecule has 0 aliphatic rings. The van der Waals surface area contributed by atoms with Crippen LogP contribution < -0.4 is 0 Å². The Kier molecular flexibility index (Phi) is 1.96. The van der Waals surface area contributed by atoms with Gasteiger partial charge in [0.1, 0.15) is 16.1 Å². The smallest absolute Gasteiger partial charge is 0.165 e. The first kappa shape index (κ1) is 8.16. The standard InChI is InChI=1S/C6H2ClN5S/c7-6-5(9-2-13-6)4-3(1-8)10-12-11-4/h2H,(H,10,11,12). The maximum Gasteiger partial charge on any atom is 0.165 e. The van der Waals surface area contributed by atoms with Gasteiger partial charge in [0, 0.05) is 0 Å². The summed E-state index contributed by atoms with van der Waals surface area (Å²) in [7, 11) is 0. The van der Waals surface area contributed by atoms with E-state index in [9.17, 15) is 0 Å². The monoisotopic (exact) mass is 211 g/mol. The third-order valence-corrected chi connectivity index (χ3v) is 2.47. The maximum absolute atomic E-state index is 8.67. The first-order chi connectivity index (χ1) is 6.33. The zero-order chi connectivity index (χ0) is 9.26. The molecule has 0 aliphatic heterocycles. The molecule has 0 unspecified atom stereocenters. The number of aromatic amines is 1. The molecule has 64 valence electrons. The number of hydrogen-bond donors (Lipinski definition) is 1. The summed E-state index contributed by atoms with van der Waals surface area (Å²) in [5.41, 5.74) is 2.76. The minimum atomic E-state index is 0.271. The van der Waals surface area contributed by atoms with E-state index >= 15 is 0 Å². The Labute approximate surface area is 82.0 Å². The minimum absolute atomic E-state index is 0.271. The van der Waals surface area contributed by atoms with E-state index in [0.717, 1.165) is 0 Å². The van der Waals surface area contributed by atoms with Crippen molar-refractivity contribution in [3.63, 3.8) is 0 Å². The second-order valence-electron chi connectivity index (χ2n) is 2.12. The van der Waals surface area contributed by atoms with Crippen molar-refractivity contribution in [1.82, 2.24) is 20.4 Å². The Morgan fingerprint density at radius 3 is 3.00 bits per heavy atom. The van der Waals surface area contributed by atoms with Gasteiger partial charge in [0.2, 0.25) is 0 Å². The van der Waals surface area contributed by atoms with Gasteiger partial charge in [-0.1, -0.05) is 16.8 Å². The zero-order valence-electron chi connectivity index (χ0n) is 6.15. The lowest BCUT2D eigenvalue weighted by atomic mass is 10.3. The minimum Gasteiger partial charge on any atom is -0.247 e. The van der Waals surface area contributed by atoms with Crippen molar-refractivity contribution in [3.8, 4) is 17.5 Å². The van der Waals surface area contributed by atoms with Crippen LogP contribution in [0.25, 0.3) is 11.4 Å². The lowest BCUT2D eigenvalue weighted by molar-refractivity contribution is 0.936.